The molecule has 264 valence electrons. The molecule has 4 rings (SSSR count). The number of nitrogens with zero attached hydrogens (tertiary/aromatic N) is 6. The highest BCUT2D eigenvalue weighted by molar-refractivity contribution is 5.38. The number of allylic oxidation sites excluding steroid dienone is 5. The maximum absolute atomic E-state index is 9.05. The number of benzene rings is 4. The molecule has 0 aromatic heterocycles. The van der Waals surface area contributed by atoms with Crippen LogP contribution in [-0.2, 0) is 30.9 Å². The van der Waals surface area contributed by atoms with E-state index in [1.165, 1.54) is 12.2 Å². The molecule has 0 bridgehead atoms. The lowest BCUT2D eigenvalue weighted by Crippen LogP contribution is -2.16. The Balaban J connectivity index is 1.23. The zero-order valence-electron chi connectivity index (χ0n) is 29.4. The van der Waals surface area contributed by atoms with E-state index in [4.69, 9.17) is 37.9 Å². The van der Waals surface area contributed by atoms with Gasteiger partial charge in [0.05, 0.1) is 13.2 Å². The first-order valence-electron chi connectivity index (χ1n) is 17.0. The highest BCUT2D eigenvalue weighted by Crippen LogP contribution is 2.19. The Morgan fingerprint density at radius 3 is 1.45 bits per heavy atom. The molecule has 0 aliphatic carbocycles. The number of hydrogen-bond acceptors (Lipinski definition) is 7. The molecule has 4 aromatic rings. The first-order chi connectivity index (χ1) is 26.1. The first-order valence-corrected chi connectivity index (χ1v) is 17.0. The molecule has 0 unspecified atom stereocenters. The topological polar surface area (TPSA) is 90.5 Å². The van der Waals surface area contributed by atoms with Gasteiger partial charge in [0.25, 0.3) is 0 Å². The molecule has 0 aliphatic heterocycles. The molecule has 9 nitrogen and oxygen atoms in total. The maximum atomic E-state index is 9.05. The summed E-state index contributed by atoms with van der Waals surface area (Å²) in [7, 11) is 0. The van der Waals surface area contributed by atoms with Crippen LogP contribution < -0.4 is 9.47 Å². The van der Waals surface area contributed by atoms with Gasteiger partial charge in [-0.2, -0.15) is 20.2 Å². The molecule has 0 aliphatic rings. The zero-order valence-corrected chi connectivity index (χ0v) is 29.4. The molecule has 9 heteroatoms. The van der Waals surface area contributed by atoms with Crippen LogP contribution in [0.5, 0.6) is 11.5 Å². The second kappa shape index (κ2) is 22.6. The molecule has 4 aromatic carbocycles. The van der Waals surface area contributed by atoms with Gasteiger partial charge in [-0.1, -0.05) is 84.9 Å². The number of ether oxygens (including phenoxy) is 3. The van der Waals surface area contributed by atoms with Gasteiger partial charge in [-0.15, -0.1) is 0 Å². The Morgan fingerprint density at radius 2 is 1.00 bits per heavy atom. The molecule has 0 heterocycles. The van der Waals surface area contributed by atoms with E-state index in [9.17, 15) is 0 Å². The van der Waals surface area contributed by atoms with Gasteiger partial charge in [-0.05, 0) is 77.1 Å². The van der Waals surface area contributed by atoms with Crippen molar-refractivity contribution in [1.82, 2.24) is 9.80 Å². The van der Waals surface area contributed by atoms with Crippen molar-refractivity contribution in [1.29, 1.82) is 10.5 Å². The standard InChI is InChI=1S/C44H40N6O3/c1-47-44(48-2)22-12-24-50(34-38-15-7-4-8-16-38)36-40-18-10-21-43(30-40)53-28-26-51-25-27-52-42-20-9-17-39(29-42)35-49(23-11-19-41(31-45)32-46)33-37-13-5-3-6-14-37/h3-24,29-30H,25-28,33-36H2/b23-11+,24-12+. The largest absolute Gasteiger partial charge is 0.519 e. The summed E-state index contributed by atoms with van der Waals surface area (Å²) in [5.74, 6) is 1.50. The van der Waals surface area contributed by atoms with Crippen molar-refractivity contribution in [3.63, 3.8) is 0 Å². The van der Waals surface area contributed by atoms with Crippen LogP contribution in [0.1, 0.15) is 22.3 Å². The summed E-state index contributed by atoms with van der Waals surface area (Å²) in [6, 6.07) is 39.8. The first kappa shape index (κ1) is 38.8. The average Bonchev–Trinajstić information content (AvgIpc) is 3.19. The van der Waals surface area contributed by atoms with E-state index >= 15 is 0 Å². The van der Waals surface area contributed by atoms with Crippen molar-refractivity contribution in [2.75, 3.05) is 26.4 Å². The number of nitriles is 2. The molecule has 0 N–H and O–H groups in total. The molecule has 0 fully saturated rings. The quantitative estimate of drug-likeness (QED) is 0.0394. The molecule has 0 saturated carbocycles. The van der Waals surface area contributed by atoms with Crippen molar-refractivity contribution >= 4 is 0 Å². The minimum atomic E-state index is 0.0191. The monoisotopic (exact) mass is 700 g/mol. The summed E-state index contributed by atoms with van der Waals surface area (Å²) >= 11 is 0. The van der Waals surface area contributed by atoms with Crippen molar-refractivity contribution < 1.29 is 14.2 Å². The van der Waals surface area contributed by atoms with Crippen LogP contribution >= 0.6 is 0 Å². The second-order valence-corrected chi connectivity index (χ2v) is 11.6. The fourth-order valence-corrected chi connectivity index (χ4v) is 5.14. The van der Waals surface area contributed by atoms with Crippen molar-refractivity contribution in [2.24, 2.45) is 0 Å². The number of rotatable bonds is 20. The lowest BCUT2D eigenvalue weighted by molar-refractivity contribution is 0.0764. The van der Waals surface area contributed by atoms with E-state index in [0.29, 0.717) is 52.6 Å². The van der Waals surface area contributed by atoms with Gasteiger partial charge in [0, 0.05) is 32.3 Å². The summed E-state index contributed by atoms with van der Waals surface area (Å²) in [6.07, 6.45) is 10.3. The Bertz CT molecular complexity index is 1850. The average molecular weight is 701 g/mol. The van der Waals surface area contributed by atoms with Crippen molar-refractivity contribution in [3.8, 4) is 23.6 Å². The smallest absolute Gasteiger partial charge is 0.491 e. The summed E-state index contributed by atoms with van der Waals surface area (Å²) < 4.78 is 17.7. The van der Waals surface area contributed by atoms with E-state index in [2.05, 4.69) is 43.8 Å². The van der Waals surface area contributed by atoms with Crippen molar-refractivity contribution in [2.45, 2.75) is 26.2 Å². The predicted molar refractivity (Wildman–Crippen MR) is 205 cm³/mol. The van der Waals surface area contributed by atoms with E-state index < -0.39 is 0 Å². The minimum Gasteiger partial charge on any atom is -0.491 e. The predicted octanol–water partition coefficient (Wildman–Crippen LogP) is 8.85. The van der Waals surface area contributed by atoms with Gasteiger partial charge in [0.1, 0.15) is 55.6 Å². The molecule has 0 radical (unpaired) electrons. The Kier molecular flexibility index (Phi) is 16.5. The molecule has 0 atom stereocenters. The van der Waals surface area contributed by atoms with Crippen LogP contribution in [-0.4, -0.2) is 36.2 Å². The lowest BCUT2D eigenvalue weighted by atomic mass is 10.1. The van der Waals surface area contributed by atoms with E-state index in [1.807, 2.05) is 109 Å². The van der Waals surface area contributed by atoms with E-state index in [-0.39, 0.29) is 11.4 Å². The van der Waals surface area contributed by atoms with Crippen LogP contribution in [0.2, 0.25) is 0 Å². The van der Waals surface area contributed by atoms with Gasteiger partial charge in [-0.3, -0.25) is 0 Å². The second-order valence-electron chi connectivity index (χ2n) is 11.6. The van der Waals surface area contributed by atoms with Crippen LogP contribution in [0.25, 0.3) is 9.69 Å². The number of hydrogen-bond donors (Lipinski definition) is 0. The third-order valence-corrected chi connectivity index (χ3v) is 7.59. The van der Waals surface area contributed by atoms with Crippen molar-refractivity contribution in [3.05, 3.63) is 202 Å². The Morgan fingerprint density at radius 1 is 0.566 bits per heavy atom. The van der Waals surface area contributed by atoms with Gasteiger partial charge in [-0.25, -0.2) is 0 Å². The fourth-order valence-electron chi connectivity index (χ4n) is 5.14. The van der Waals surface area contributed by atoms with Gasteiger partial charge in [0.15, 0.2) is 0 Å². The van der Waals surface area contributed by atoms with E-state index in [0.717, 1.165) is 33.8 Å². The Hall–Kier alpha value is -7.04. The Labute approximate surface area is 312 Å². The summed E-state index contributed by atoms with van der Waals surface area (Å²) in [6.45, 7) is 18.3. The summed E-state index contributed by atoms with van der Waals surface area (Å²) in [4.78, 5) is 10.7. The van der Waals surface area contributed by atoms with Crippen LogP contribution in [0.15, 0.2) is 157 Å². The maximum Gasteiger partial charge on any atom is 0.519 e. The molecular weight excluding hydrogens is 661 g/mol. The fraction of sp³-hybridized carbons (Fsp3) is 0.182. The van der Waals surface area contributed by atoms with Crippen LogP contribution in [0.4, 0.5) is 0 Å². The molecule has 53 heavy (non-hydrogen) atoms. The highest BCUT2D eigenvalue weighted by atomic mass is 16.5. The summed E-state index contributed by atoms with van der Waals surface area (Å²) in [5, 5.41) is 18.1. The molecule has 0 saturated heterocycles. The highest BCUT2D eigenvalue weighted by Gasteiger charge is 2.07. The third-order valence-electron chi connectivity index (χ3n) is 7.59. The van der Waals surface area contributed by atoms with Crippen LogP contribution in [0, 0.1) is 35.8 Å². The minimum absolute atomic E-state index is 0.0191. The molecule has 0 amide bonds. The third kappa shape index (κ3) is 14.8. The SMILES string of the molecule is [C-]#[N+]C(=C/C=C/N(Cc1ccccc1)Cc1cccc(OCCOCCOc2cccc(CN(/C=C/C=C(C#N)C#N)Cc3ccccc3)c2)c1)[N+]#[C-]. The van der Waals surface area contributed by atoms with Crippen LogP contribution in [0.3, 0.4) is 0 Å². The molecular formula is C44H40N6O3. The molecule has 0 spiro atoms. The van der Waals surface area contributed by atoms with E-state index in [1.54, 1.807) is 12.2 Å². The van der Waals surface area contributed by atoms with Gasteiger partial charge in [0.2, 0.25) is 0 Å². The normalized spacial score (nSPS) is 10.3. The lowest BCUT2D eigenvalue weighted by Gasteiger charge is -2.21. The van der Waals surface area contributed by atoms with Gasteiger partial charge < -0.3 is 24.0 Å². The van der Waals surface area contributed by atoms with Gasteiger partial charge >= 0.3 is 5.82 Å². The zero-order chi connectivity index (χ0) is 37.4. The summed E-state index contributed by atoms with van der Waals surface area (Å²) in [5.41, 5.74) is 4.44.